The van der Waals surface area contributed by atoms with E-state index in [9.17, 15) is 4.79 Å². The zero-order chi connectivity index (χ0) is 9.40. The summed E-state index contributed by atoms with van der Waals surface area (Å²) in [5.41, 5.74) is 0. The number of aliphatic carboxylic acids is 1. The van der Waals surface area contributed by atoms with Gasteiger partial charge >= 0.3 is 5.97 Å². The third kappa shape index (κ3) is 7.28. The smallest absolute Gasteiger partial charge is 0.303 e. The molecule has 12 heavy (non-hydrogen) atoms. The number of carbonyl (C=O) groups is 1. The molecule has 0 atom stereocenters. The molecular formula is C9H14O2S. The Balaban J connectivity index is 0.000000202. The van der Waals surface area contributed by atoms with Crippen LogP contribution >= 0.6 is 11.3 Å². The first-order chi connectivity index (χ1) is 5.66. The molecule has 0 aromatic carbocycles. The highest BCUT2D eigenvalue weighted by atomic mass is 32.1. The molecule has 0 unspecified atom stereocenters. The molecule has 0 aliphatic heterocycles. The molecular weight excluding hydrogens is 172 g/mol. The van der Waals surface area contributed by atoms with Gasteiger partial charge in [-0.2, -0.15) is 0 Å². The lowest BCUT2D eigenvalue weighted by atomic mass is 10.4. The van der Waals surface area contributed by atoms with Crippen LogP contribution in [-0.2, 0) is 4.79 Å². The number of carboxylic acids is 1. The van der Waals surface area contributed by atoms with Gasteiger partial charge in [0.2, 0.25) is 0 Å². The van der Waals surface area contributed by atoms with Crippen LogP contribution in [-0.4, -0.2) is 11.1 Å². The summed E-state index contributed by atoms with van der Waals surface area (Å²) in [6.07, 6.45) is 1.02. The number of thiophene rings is 1. The minimum Gasteiger partial charge on any atom is -0.481 e. The molecule has 1 N–H and O–H groups in total. The van der Waals surface area contributed by atoms with Gasteiger partial charge in [0.05, 0.1) is 0 Å². The minimum atomic E-state index is -0.711. The Morgan fingerprint density at radius 3 is 2.42 bits per heavy atom. The summed E-state index contributed by atoms with van der Waals surface area (Å²) in [6, 6.07) is 4.16. The Bertz CT molecular complexity index is 204. The Morgan fingerprint density at radius 1 is 1.67 bits per heavy atom. The van der Waals surface area contributed by atoms with Gasteiger partial charge in [-0.25, -0.2) is 0 Å². The van der Waals surface area contributed by atoms with E-state index in [1.54, 1.807) is 11.3 Å². The van der Waals surface area contributed by atoms with E-state index in [1.165, 1.54) is 4.88 Å². The fraction of sp³-hybridized carbons (Fsp3) is 0.444. The average molecular weight is 186 g/mol. The Kier molecular flexibility index (Phi) is 6.38. The maximum atomic E-state index is 9.60. The first-order valence-corrected chi connectivity index (χ1v) is 4.76. The van der Waals surface area contributed by atoms with E-state index in [0.717, 1.165) is 6.42 Å². The standard InChI is InChI=1S/C5H6S.C4H8O2/c1-5-3-2-4-6-5;1-2-3-4(5)6/h2-4H,1H3;2-3H2,1H3,(H,5,6). The van der Waals surface area contributed by atoms with Crippen LogP contribution in [0.25, 0.3) is 0 Å². The van der Waals surface area contributed by atoms with E-state index in [-0.39, 0.29) is 0 Å². The average Bonchev–Trinajstić information content (AvgIpc) is 2.40. The van der Waals surface area contributed by atoms with E-state index < -0.39 is 5.97 Å². The summed E-state index contributed by atoms with van der Waals surface area (Å²) in [5.74, 6) is -0.711. The quantitative estimate of drug-likeness (QED) is 0.771. The van der Waals surface area contributed by atoms with Crippen LogP contribution in [0.15, 0.2) is 17.5 Å². The first kappa shape index (κ1) is 11.2. The second-order valence-corrected chi connectivity index (χ2v) is 3.52. The molecule has 0 radical (unpaired) electrons. The lowest BCUT2D eigenvalue weighted by molar-refractivity contribution is -0.137. The van der Waals surface area contributed by atoms with Crippen LogP contribution in [0, 0.1) is 6.92 Å². The van der Waals surface area contributed by atoms with Gasteiger partial charge < -0.3 is 5.11 Å². The molecule has 68 valence electrons. The molecule has 0 aliphatic carbocycles. The molecule has 0 amide bonds. The fourth-order valence-corrected chi connectivity index (χ4v) is 1.10. The number of carboxylic acid groups (broad SMARTS) is 1. The topological polar surface area (TPSA) is 37.3 Å². The second kappa shape index (κ2) is 6.85. The van der Waals surface area contributed by atoms with E-state index in [4.69, 9.17) is 5.11 Å². The molecule has 2 nitrogen and oxygen atoms in total. The lowest BCUT2D eigenvalue weighted by Gasteiger charge is -1.79. The molecule has 1 aromatic heterocycles. The molecule has 0 aliphatic rings. The van der Waals surface area contributed by atoms with Gasteiger partial charge in [0.25, 0.3) is 0 Å². The predicted molar refractivity (Wildman–Crippen MR) is 51.6 cm³/mol. The number of rotatable bonds is 2. The summed E-state index contributed by atoms with van der Waals surface area (Å²) in [4.78, 5) is 11.0. The first-order valence-electron chi connectivity index (χ1n) is 3.88. The van der Waals surface area contributed by atoms with Crippen molar-refractivity contribution in [1.82, 2.24) is 0 Å². The van der Waals surface area contributed by atoms with Gasteiger partial charge in [-0.05, 0) is 24.8 Å². The van der Waals surface area contributed by atoms with E-state index in [0.29, 0.717) is 6.42 Å². The van der Waals surface area contributed by atoms with Gasteiger partial charge in [0.15, 0.2) is 0 Å². The van der Waals surface area contributed by atoms with Gasteiger partial charge in [-0.15, -0.1) is 11.3 Å². The van der Waals surface area contributed by atoms with Gasteiger partial charge in [-0.1, -0.05) is 13.0 Å². The normalized spacial score (nSPS) is 8.50. The van der Waals surface area contributed by atoms with E-state index in [1.807, 2.05) is 6.92 Å². The SMILES string of the molecule is CCCC(=O)O.Cc1cccs1. The fourth-order valence-electron chi connectivity index (χ4n) is 0.575. The molecule has 3 heteroatoms. The van der Waals surface area contributed by atoms with Crippen molar-refractivity contribution in [2.24, 2.45) is 0 Å². The Labute approximate surface area is 76.9 Å². The summed E-state index contributed by atoms with van der Waals surface area (Å²) < 4.78 is 0. The summed E-state index contributed by atoms with van der Waals surface area (Å²) in [6.45, 7) is 3.94. The molecule has 0 fully saturated rings. The zero-order valence-electron chi connectivity index (χ0n) is 7.41. The van der Waals surface area contributed by atoms with Crippen LogP contribution in [0.4, 0.5) is 0 Å². The van der Waals surface area contributed by atoms with Gasteiger partial charge in [0.1, 0.15) is 0 Å². The number of hydrogen-bond donors (Lipinski definition) is 1. The third-order valence-corrected chi connectivity index (χ3v) is 1.93. The van der Waals surface area contributed by atoms with Gasteiger partial charge in [0, 0.05) is 11.3 Å². The number of hydrogen-bond acceptors (Lipinski definition) is 2. The maximum Gasteiger partial charge on any atom is 0.303 e. The van der Waals surface area contributed by atoms with Crippen LogP contribution in [0.2, 0.25) is 0 Å². The van der Waals surface area contributed by atoms with Crippen molar-refractivity contribution in [3.63, 3.8) is 0 Å². The van der Waals surface area contributed by atoms with Crippen molar-refractivity contribution >= 4 is 17.3 Å². The Hall–Kier alpha value is -0.830. The highest BCUT2D eigenvalue weighted by molar-refractivity contribution is 7.09. The molecule has 1 aromatic rings. The molecule has 1 rings (SSSR count). The van der Waals surface area contributed by atoms with Crippen molar-refractivity contribution in [2.45, 2.75) is 26.7 Å². The van der Waals surface area contributed by atoms with Crippen molar-refractivity contribution in [3.8, 4) is 0 Å². The monoisotopic (exact) mass is 186 g/mol. The van der Waals surface area contributed by atoms with E-state index >= 15 is 0 Å². The highest BCUT2D eigenvalue weighted by Gasteiger charge is 1.87. The van der Waals surface area contributed by atoms with Crippen molar-refractivity contribution in [1.29, 1.82) is 0 Å². The maximum absolute atomic E-state index is 9.60. The van der Waals surface area contributed by atoms with E-state index in [2.05, 4.69) is 24.4 Å². The molecule has 0 saturated carbocycles. The second-order valence-electron chi connectivity index (χ2n) is 2.37. The zero-order valence-corrected chi connectivity index (χ0v) is 8.23. The van der Waals surface area contributed by atoms with Crippen LogP contribution in [0.3, 0.4) is 0 Å². The summed E-state index contributed by atoms with van der Waals surface area (Å²) in [7, 11) is 0. The van der Waals surface area contributed by atoms with Crippen LogP contribution in [0.5, 0.6) is 0 Å². The van der Waals surface area contributed by atoms with Crippen molar-refractivity contribution < 1.29 is 9.90 Å². The largest absolute Gasteiger partial charge is 0.481 e. The predicted octanol–water partition coefficient (Wildman–Crippen LogP) is 2.93. The van der Waals surface area contributed by atoms with Crippen molar-refractivity contribution in [2.75, 3.05) is 0 Å². The molecule has 1 heterocycles. The Morgan fingerprint density at radius 2 is 2.33 bits per heavy atom. The van der Waals surface area contributed by atoms with Crippen LogP contribution in [0.1, 0.15) is 24.6 Å². The molecule has 0 bridgehead atoms. The lowest BCUT2D eigenvalue weighted by Crippen LogP contribution is -1.90. The minimum absolute atomic E-state index is 0.292. The number of aryl methyl sites for hydroxylation is 1. The third-order valence-electron chi connectivity index (χ3n) is 1.13. The highest BCUT2D eigenvalue weighted by Crippen LogP contribution is 2.03. The summed E-state index contributed by atoms with van der Waals surface area (Å²) >= 11 is 1.78. The molecule has 0 spiro atoms. The molecule has 0 saturated heterocycles. The van der Waals surface area contributed by atoms with Crippen LogP contribution < -0.4 is 0 Å². The van der Waals surface area contributed by atoms with Gasteiger partial charge in [-0.3, -0.25) is 4.79 Å². The van der Waals surface area contributed by atoms with Crippen molar-refractivity contribution in [3.05, 3.63) is 22.4 Å². The summed E-state index contributed by atoms with van der Waals surface area (Å²) in [5, 5.41) is 9.99.